The van der Waals surface area contributed by atoms with Crippen molar-refractivity contribution < 1.29 is 22.4 Å². The summed E-state index contributed by atoms with van der Waals surface area (Å²) < 4.78 is 51.7. The summed E-state index contributed by atoms with van der Waals surface area (Å²) >= 11 is 6.01. The van der Waals surface area contributed by atoms with E-state index in [0.29, 0.717) is 18.3 Å². The second kappa shape index (κ2) is 8.47. The fraction of sp³-hybridized carbons (Fsp3) is 0.292. The van der Waals surface area contributed by atoms with Crippen LogP contribution in [0.5, 0.6) is 5.75 Å². The maximum absolute atomic E-state index is 13.1. The number of hydrogen-bond donors (Lipinski definition) is 0. The lowest BCUT2D eigenvalue weighted by molar-refractivity contribution is -0.137. The van der Waals surface area contributed by atoms with Crippen LogP contribution in [0.25, 0.3) is 28.6 Å². The van der Waals surface area contributed by atoms with Gasteiger partial charge >= 0.3 is 6.18 Å². The van der Waals surface area contributed by atoms with Crippen molar-refractivity contribution in [2.45, 2.75) is 32.4 Å². The number of rotatable bonds is 5. The molecule has 1 aromatic carbocycles. The molecule has 1 fully saturated rings. The van der Waals surface area contributed by atoms with Gasteiger partial charge in [-0.2, -0.15) is 18.2 Å². The molecule has 0 amide bonds. The van der Waals surface area contributed by atoms with E-state index in [4.69, 9.17) is 20.9 Å². The number of aromatic nitrogens is 4. The first-order chi connectivity index (χ1) is 16.2. The van der Waals surface area contributed by atoms with Gasteiger partial charge in [0.1, 0.15) is 11.4 Å². The van der Waals surface area contributed by atoms with Crippen LogP contribution in [0.2, 0.25) is 5.02 Å². The number of fused-ring (bicyclic) bond motifs is 1. The van der Waals surface area contributed by atoms with E-state index in [1.807, 2.05) is 25.1 Å². The Morgan fingerprint density at radius 1 is 1.24 bits per heavy atom. The number of nitrogens with zero attached hydrogens (tertiary/aromatic N) is 4. The topological polar surface area (TPSA) is 65.5 Å². The van der Waals surface area contributed by atoms with Crippen LogP contribution in [0.3, 0.4) is 0 Å². The third-order valence-electron chi connectivity index (χ3n) is 5.87. The lowest BCUT2D eigenvalue weighted by Crippen LogP contribution is -2.08. The molecule has 0 saturated heterocycles. The number of alkyl halides is 3. The van der Waals surface area contributed by atoms with Crippen molar-refractivity contribution in [3.8, 4) is 28.7 Å². The highest BCUT2D eigenvalue weighted by Crippen LogP contribution is 2.34. The molecule has 1 aliphatic carbocycles. The smallest absolute Gasteiger partial charge is 0.417 e. The Bertz CT molecular complexity index is 1390. The number of pyridine rings is 1. The number of imidazole rings is 1. The highest BCUT2D eigenvalue weighted by molar-refractivity contribution is 6.33. The van der Waals surface area contributed by atoms with Gasteiger partial charge in [-0.15, -0.1) is 0 Å². The fourth-order valence-corrected chi connectivity index (χ4v) is 4.34. The van der Waals surface area contributed by atoms with E-state index in [9.17, 15) is 13.2 Å². The zero-order valence-corrected chi connectivity index (χ0v) is 19.0. The van der Waals surface area contributed by atoms with Crippen LogP contribution < -0.4 is 4.74 Å². The molecule has 0 spiro atoms. The number of allylic oxidation sites excluding steroid dienone is 1. The Morgan fingerprint density at radius 3 is 2.76 bits per heavy atom. The summed E-state index contributed by atoms with van der Waals surface area (Å²) in [5.41, 5.74) is 2.43. The zero-order chi connectivity index (χ0) is 24.0. The van der Waals surface area contributed by atoms with Crippen LogP contribution in [0.4, 0.5) is 13.2 Å². The minimum Gasteiger partial charge on any atom is -0.493 e. The Morgan fingerprint density at radius 2 is 2.06 bits per heavy atom. The second-order valence-corrected chi connectivity index (χ2v) is 8.91. The first-order valence-electron chi connectivity index (χ1n) is 10.7. The number of benzene rings is 1. The van der Waals surface area contributed by atoms with Gasteiger partial charge in [-0.05, 0) is 61.9 Å². The van der Waals surface area contributed by atoms with Crippen LogP contribution in [0.1, 0.15) is 30.4 Å². The molecule has 34 heavy (non-hydrogen) atoms. The van der Waals surface area contributed by atoms with Crippen LogP contribution in [0.15, 0.2) is 53.3 Å². The van der Waals surface area contributed by atoms with Gasteiger partial charge in [-0.1, -0.05) is 28.9 Å². The molecule has 3 aromatic heterocycles. The predicted octanol–water partition coefficient (Wildman–Crippen LogP) is 6.77. The molecule has 1 aliphatic rings. The molecule has 1 saturated carbocycles. The summed E-state index contributed by atoms with van der Waals surface area (Å²) in [5.74, 6) is 1.69. The molecular formula is C24H20ClF3N4O2. The summed E-state index contributed by atoms with van der Waals surface area (Å²) in [4.78, 5) is 8.62. The van der Waals surface area contributed by atoms with Crippen molar-refractivity contribution in [3.05, 3.63) is 65.0 Å². The zero-order valence-electron chi connectivity index (χ0n) is 18.2. The van der Waals surface area contributed by atoms with Crippen molar-refractivity contribution >= 4 is 17.2 Å². The Labute approximate surface area is 198 Å². The lowest BCUT2D eigenvalue weighted by Gasteiger charge is -2.13. The summed E-state index contributed by atoms with van der Waals surface area (Å²) in [7, 11) is 0. The van der Waals surface area contributed by atoms with E-state index in [1.165, 1.54) is 16.2 Å². The summed E-state index contributed by atoms with van der Waals surface area (Å²) in [5, 5.41) is 3.87. The SMILES string of the molecule is C=C1CCC(COc2ccc(-c3noc(-c4cn5cc(C(F)(F)F)cc(Cl)c5n4)n3)cc2C)C1. The van der Waals surface area contributed by atoms with E-state index >= 15 is 0 Å². The van der Waals surface area contributed by atoms with E-state index < -0.39 is 11.7 Å². The molecule has 0 bridgehead atoms. The number of halogens is 4. The van der Waals surface area contributed by atoms with E-state index in [-0.39, 0.29) is 22.3 Å². The predicted molar refractivity (Wildman–Crippen MR) is 121 cm³/mol. The first-order valence-corrected chi connectivity index (χ1v) is 11.0. The number of ether oxygens (including phenoxy) is 1. The molecule has 10 heteroatoms. The lowest BCUT2D eigenvalue weighted by atomic mass is 10.1. The third kappa shape index (κ3) is 4.40. The summed E-state index contributed by atoms with van der Waals surface area (Å²) in [6.45, 7) is 6.63. The Hall–Kier alpha value is -3.33. The normalized spacial score (nSPS) is 16.5. The second-order valence-electron chi connectivity index (χ2n) is 8.50. The van der Waals surface area contributed by atoms with Crippen molar-refractivity contribution in [2.75, 3.05) is 6.61 Å². The number of hydrogen-bond acceptors (Lipinski definition) is 5. The van der Waals surface area contributed by atoms with Gasteiger partial charge in [0, 0.05) is 18.0 Å². The van der Waals surface area contributed by atoms with E-state index in [0.717, 1.165) is 48.4 Å². The minimum atomic E-state index is -4.53. The average Bonchev–Trinajstić information content (AvgIpc) is 3.51. The summed E-state index contributed by atoms with van der Waals surface area (Å²) in [6.07, 6.45) is 0.932. The molecule has 1 atom stereocenters. The monoisotopic (exact) mass is 488 g/mol. The van der Waals surface area contributed by atoms with Crippen molar-refractivity contribution in [1.29, 1.82) is 0 Å². The van der Waals surface area contributed by atoms with Crippen LogP contribution in [-0.2, 0) is 6.18 Å². The number of aryl methyl sites for hydroxylation is 1. The highest BCUT2D eigenvalue weighted by Gasteiger charge is 2.32. The van der Waals surface area contributed by atoms with Gasteiger partial charge in [-0.3, -0.25) is 0 Å². The van der Waals surface area contributed by atoms with Crippen molar-refractivity contribution in [2.24, 2.45) is 5.92 Å². The molecule has 0 radical (unpaired) electrons. The first kappa shape index (κ1) is 22.5. The quantitative estimate of drug-likeness (QED) is 0.290. The fourth-order valence-electron chi connectivity index (χ4n) is 4.08. The molecular weight excluding hydrogens is 469 g/mol. The van der Waals surface area contributed by atoms with Gasteiger partial charge in [0.05, 0.1) is 17.2 Å². The molecule has 0 N–H and O–H groups in total. The van der Waals surface area contributed by atoms with Gasteiger partial charge in [0.2, 0.25) is 5.82 Å². The third-order valence-corrected chi connectivity index (χ3v) is 6.15. The molecule has 176 valence electrons. The highest BCUT2D eigenvalue weighted by atomic mass is 35.5. The van der Waals surface area contributed by atoms with Gasteiger partial charge in [0.15, 0.2) is 5.65 Å². The van der Waals surface area contributed by atoms with Crippen molar-refractivity contribution in [1.82, 2.24) is 19.5 Å². The summed E-state index contributed by atoms with van der Waals surface area (Å²) in [6, 6.07) is 6.44. The molecule has 3 heterocycles. The van der Waals surface area contributed by atoms with Gasteiger partial charge in [-0.25, -0.2) is 4.98 Å². The average molecular weight is 489 g/mol. The van der Waals surface area contributed by atoms with Crippen LogP contribution >= 0.6 is 11.6 Å². The van der Waals surface area contributed by atoms with Crippen LogP contribution in [-0.4, -0.2) is 26.1 Å². The van der Waals surface area contributed by atoms with Crippen molar-refractivity contribution in [3.63, 3.8) is 0 Å². The Kier molecular flexibility index (Phi) is 5.59. The molecule has 5 rings (SSSR count). The maximum atomic E-state index is 13.1. The molecule has 1 unspecified atom stereocenters. The largest absolute Gasteiger partial charge is 0.493 e. The van der Waals surface area contributed by atoms with Gasteiger partial charge < -0.3 is 13.7 Å². The minimum absolute atomic E-state index is 0.0720. The molecule has 6 nitrogen and oxygen atoms in total. The molecule has 4 aromatic rings. The molecule has 0 aliphatic heterocycles. The standard InChI is InChI=1S/C24H20ClF3N4O2/c1-13-3-4-15(7-13)12-33-20-6-5-16(8-14(20)2)21-30-23(34-31-21)19-11-32-10-17(24(26,27)28)9-18(25)22(32)29-19/h5-6,8-11,15H,1,3-4,7,12H2,2H3. The van der Waals surface area contributed by atoms with Crippen LogP contribution in [0, 0.1) is 12.8 Å². The van der Waals surface area contributed by atoms with E-state index in [1.54, 1.807) is 0 Å². The maximum Gasteiger partial charge on any atom is 0.417 e. The van der Waals surface area contributed by atoms with Gasteiger partial charge in [0.25, 0.3) is 5.89 Å². The van der Waals surface area contributed by atoms with E-state index in [2.05, 4.69) is 21.7 Å². The Balaban J connectivity index is 1.36.